The lowest BCUT2D eigenvalue weighted by atomic mass is 10.1. The Kier molecular flexibility index (Phi) is 6.03. The van der Waals surface area contributed by atoms with E-state index in [1.165, 1.54) is 10.6 Å². The molecule has 2 aromatic carbocycles. The van der Waals surface area contributed by atoms with Gasteiger partial charge in [0.15, 0.2) is 6.10 Å². The van der Waals surface area contributed by atoms with Crippen molar-refractivity contribution < 1.29 is 17.9 Å². The predicted molar refractivity (Wildman–Crippen MR) is 123 cm³/mol. The summed E-state index contributed by atoms with van der Waals surface area (Å²) in [5.41, 5.74) is 2.71. The molecule has 9 heteroatoms. The van der Waals surface area contributed by atoms with E-state index in [1.807, 2.05) is 25.1 Å². The van der Waals surface area contributed by atoms with Crippen molar-refractivity contribution in [1.29, 1.82) is 0 Å². The lowest BCUT2D eigenvalue weighted by Crippen LogP contribution is -2.52. The fourth-order valence-electron chi connectivity index (χ4n) is 4.14. The second-order valence-electron chi connectivity index (χ2n) is 7.94. The topological polar surface area (TPSA) is 70.2 Å². The molecule has 2 aromatic rings. The zero-order valence-electron chi connectivity index (χ0n) is 17.6. The molecule has 0 radical (unpaired) electrons. The number of nitrogens with zero attached hydrogens (tertiary/aromatic N) is 3. The van der Waals surface area contributed by atoms with Crippen LogP contribution in [0, 0.1) is 6.92 Å². The summed E-state index contributed by atoms with van der Waals surface area (Å²) in [6.45, 7) is 4.79. The largest absolute Gasteiger partial charge is 0.478 e. The van der Waals surface area contributed by atoms with Crippen LogP contribution in [0.15, 0.2) is 42.5 Å². The molecule has 166 valence electrons. The van der Waals surface area contributed by atoms with Crippen LogP contribution in [0.1, 0.15) is 12.0 Å². The molecule has 7 nitrogen and oxygen atoms in total. The van der Waals surface area contributed by atoms with Crippen molar-refractivity contribution in [2.24, 2.45) is 0 Å². The Morgan fingerprint density at radius 3 is 2.45 bits per heavy atom. The van der Waals surface area contributed by atoms with E-state index >= 15 is 0 Å². The normalized spacial score (nSPS) is 19.5. The van der Waals surface area contributed by atoms with Crippen LogP contribution >= 0.6 is 11.6 Å². The van der Waals surface area contributed by atoms with Crippen molar-refractivity contribution in [3.63, 3.8) is 0 Å². The molecule has 1 unspecified atom stereocenters. The van der Waals surface area contributed by atoms with E-state index in [4.69, 9.17) is 16.3 Å². The van der Waals surface area contributed by atoms with E-state index in [0.29, 0.717) is 49.1 Å². The van der Waals surface area contributed by atoms with Gasteiger partial charge in [0.1, 0.15) is 5.75 Å². The minimum atomic E-state index is -3.47. The number of sulfonamides is 1. The standard InChI is InChI=1S/C22H26ClN3O4S/c1-16-7-8-17(23)15-19(16)24-11-13-25(14-12-24)22(27)21-9-10-26(31(2,28)29)18-5-3-4-6-20(18)30-21/h3-8,15,21H,9-14H2,1-2H3. The molecule has 2 heterocycles. The van der Waals surface area contributed by atoms with Crippen molar-refractivity contribution in [1.82, 2.24) is 4.90 Å². The number of piperazine rings is 1. The zero-order valence-corrected chi connectivity index (χ0v) is 19.2. The first-order valence-electron chi connectivity index (χ1n) is 10.3. The highest BCUT2D eigenvalue weighted by atomic mass is 35.5. The van der Waals surface area contributed by atoms with Crippen LogP contribution in [0.5, 0.6) is 5.75 Å². The van der Waals surface area contributed by atoms with Crippen molar-refractivity contribution in [2.45, 2.75) is 19.4 Å². The number of carbonyl (C=O) groups is 1. The van der Waals surface area contributed by atoms with Crippen LogP contribution < -0.4 is 13.9 Å². The Bertz CT molecular complexity index is 1080. The fraction of sp³-hybridized carbons (Fsp3) is 0.409. The molecule has 0 spiro atoms. The second-order valence-corrected chi connectivity index (χ2v) is 10.3. The Balaban J connectivity index is 1.47. The maximum atomic E-state index is 13.2. The van der Waals surface area contributed by atoms with Crippen LogP contribution in [0.3, 0.4) is 0 Å². The molecule has 2 aliphatic heterocycles. The number of benzene rings is 2. The van der Waals surface area contributed by atoms with Crippen molar-refractivity contribution in [2.75, 3.05) is 48.2 Å². The van der Waals surface area contributed by atoms with Crippen LogP contribution in [-0.4, -0.2) is 64.3 Å². The first-order chi connectivity index (χ1) is 14.7. The number of amides is 1. The van der Waals surface area contributed by atoms with Gasteiger partial charge in [0.25, 0.3) is 5.91 Å². The van der Waals surface area contributed by atoms with Gasteiger partial charge in [-0.15, -0.1) is 0 Å². The van der Waals surface area contributed by atoms with E-state index in [-0.39, 0.29) is 12.5 Å². The molecule has 31 heavy (non-hydrogen) atoms. The maximum Gasteiger partial charge on any atom is 0.263 e. The van der Waals surface area contributed by atoms with Gasteiger partial charge in [0.2, 0.25) is 10.0 Å². The van der Waals surface area contributed by atoms with Crippen LogP contribution in [-0.2, 0) is 14.8 Å². The highest BCUT2D eigenvalue weighted by Crippen LogP contribution is 2.34. The van der Waals surface area contributed by atoms with Gasteiger partial charge in [-0.05, 0) is 36.8 Å². The highest BCUT2D eigenvalue weighted by molar-refractivity contribution is 7.92. The van der Waals surface area contributed by atoms with Crippen molar-refractivity contribution >= 4 is 38.9 Å². The summed E-state index contributed by atoms with van der Waals surface area (Å²) in [7, 11) is -3.47. The quantitative estimate of drug-likeness (QED) is 0.700. The summed E-state index contributed by atoms with van der Waals surface area (Å²) in [6.07, 6.45) is 0.754. The Morgan fingerprint density at radius 2 is 1.74 bits per heavy atom. The lowest BCUT2D eigenvalue weighted by molar-refractivity contribution is -0.139. The summed E-state index contributed by atoms with van der Waals surface area (Å²) < 4.78 is 31.9. The third-order valence-corrected chi connectivity index (χ3v) is 7.19. The summed E-state index contributed by atoms with van der Waals surface area (Å²) in [5, 5.41) is 0.694. The Labute approximate surface area is 188 Å². The molecule has 1 amide bonds. The van der Waals surface area contributed by atoms with Crippen LogP contribution in [0.4, 0.5) is 11.4 Å². The number of ether oxygens (including phenoxy) is 1. The molecule has 1 fully saturated rings. The van der Waals surface area contributed by atoms with E-state index in [2.05, 4.69) is 4.90 Å². The van der Waals surface area contributed by atoms with Gasteiger partial charge in [-0.3, -0.25) is 9.10 Å². The SMILES string of the molecule is Cc1ccc(Cl)cc1N1CCN(C(=O)C2CCN(S(C)(=O)=O)c3ccccc3O2)CC1. The van der Waals surface area contributed by atoms with Gasteiger partial charge < -0.3 is 14.5 Å². The molecule has 0 aromatic heterocycles. The fourth-order valence-corrected chi connectivity index (χ4v) is 5.25. The second kappa shape index (κ2) is 8.59. The Hall–Kier alpha value is -2.45. The van der Waals surface area contributed by atoms with E-state index in [9.17, 15) is 13.2 Å². The van der Waals surface area contributed by atoms with Gasteiger partial charge in [-0.2, -0.15) is 0 Å². The third-order valence-electron chi connectivity index (χ3n) is 5.78. The first-order valence-corrected chi connectivity index (χ1v) is 12.5. The lowest BCUT2D eigenvalue weighted by Gasteiger charge is -2.38. The number of aryl methyl sites for hydroxylation is 1. The summed E-state index contributed by atoms with van der Waals surface area (Å²) in [4.78, 5) is 17.3. The molecular formula is C22H26ClN3O4S. The molecule has 1 saturated heterocycles. The molecule has 2 aliphatic rings. The number of rotatable bonds is 3. The number of anilines is 2. The maximum absolute atomic E-state index is 13.2. The van der Waals surface area contributed by atoms with Gasteiger partial charge >= 0.3 is 0 Å². The number of hydrogen-bond acceptors (Lipinski definition) is 5. The van der Waals surface area contributed by atoms with Gasteiger partial charge in [-0.1, -0.05) is 29.8 Å². The minimum Gasteiger partial charge on any atom is -0.478 e. The van der Waals surface area contributed by atoms with Gasteiger partial charge in [-0.25, -0.2) is 8.42 Å². The van der Waals surface area contributed by atoms with Crippen LogP contribution in [0.25, 0.3) is 0 Å². The molecular weight excluding hydrogens is 438 g/mol. The van der Waals surface area contributed by atoms with E-state index in [1.54, 1.807) is 29.2 Å². The number of fused-ring (bicyclic) bond motifs is 1. The molecule has 0 bridgehead atoms. The number of halogens is 1. The van der Waals surface area contributed by atoms with Crippen LogP contribution in [0.2, 0.25) is 5.02 Å². The average Bonchev–Trinajstić information content (AvgIpc) is 2.95. The van der Waals surface area contributed by atoms with Crippen molar-refractivity contribution in [3.05, 3.63) is 53.1 Å². The minimum absolute atomic E-state index is 0.104. The smallest absolute Gasteiger partial charge is 0.263 e. The van der Waals surface area contributed by atoms with Crippen molar-refractivity contribution in [3.8, 4) is 5.75 Å². The van der Waals surface area contributed by atoms with Gasteiger partial charge in [0.05, 0.1) is 11.9 Å². The molecule has 0 aliphatic carbocycles. The molecule has 0 saturated carbocycles. The molecule has 0 N–H and O–H groups in total. The molecule has 1 atom stereocenters. The third kappa shape index (κ3) is 4.60. The summed E-state index contributed by atoms with van der Waals surface area (Å²) in [5.74, 6) is 0.310. The monoisotopic (exact) mass is 463 g/mol. The van der Waals surface area contributed by atoms with E-state index < -0.39 is 16.1 Å². The number of para-hydroxylation sites is 2. The zero-order chi connectivity index (χ0) is 22.2. The summed E-state index contributed by atoms with van der Waals surface area (Å²) in [6, 6.07) is 12.8. The average molecular weight is 464 g/mol. The van der Waals surface area contributed by atoms with E-state index in [0.717, 1.165) is 11.3 Å². The highest BCUT2D eigenvalue weighted by Gasteiger charge is 2.34. The Morgan fingerprint density at radius 1 is 1.03 bits per heavy atom. The summed E-state index contributed by atoms with van der Waals surface area (Å²) >= 11 is 6.16. The number of carbonyl (C=O) groups excluding carboxylic acids is 1. The number of hydrogen-bond donors (Lipinski definition) is 0. The first kappa shape index (κ1) is 21.8. The van der Waals surface area contributed by atoms with Gasteiger partial charge in [0, 0.05) is 49.9 Å². The predicted octanol–water partition coefficient (Wildman–Crippen LogP) is 2.91. The molecule has 4 rings (SSSR count).